The summed E-state index contributed by atoms with van der Waals surface area (Å²) in [6, 6.07) is 3.77. The van der Waals surface area contributed by atoms with Crippen molar-refractivity contribution < 1.29 is 0 Å². The summed E-state index contributed by atoms with van der Waals surface area (Å²) in [4.78, 5) is 12.8. The lowest BCUT2D eigenvalue weighted by molar-refractivity contribution is 0.867. The lowest BCUT2D eigenvalue weighted by atomic mass is 10.2. The van der Waals surface area contributed by atoms with Gasteiger partial charge in [0.15, 0.2) is 5.82 Å². The molecule has 0 spiro atoms. The van der Waals surface area contributed by atoms with E-state index in [9.17, 15) is 0 Å². The summed E-state index contributed by atoms with van der Waals surface area (Å²) in [5.74, 6) is 0.668. The highest BCUT2D eigenvalue weighted by molar-refractivity contribution is 14.1. The Hall–Kier alpha value is -0.750. The van der Waals surface area contributed by atoms with E-state index in [0.717, 1.165) is 27.7 Å². The van der Waals surface area contributed by atoms with Gasteiger partial charge in [-0.3, -0.25) is 4.98 Å². The van der Waals surface area contributed by atoms with Gasteiger partial charge >= 0.3 is 0 Å². The van der Waals surface area contributed by atoms with Gasteiger partial charge in [0.1, 0.15) is 5.15 Å². The Kier molecular flexibility index (Phi) is 4.28. The van der Waals surface area contributed by atoms with Crippen molar-refractivity contribution >= 4 is 34.2 Å². The number of aryl methyl sites for hydroxylation is 1. The quantitative estimate of drug-likeness (QED) is 0.619. The van der Waals surface area contributed by atoms with Crippen molar-refractivity contribution in [2.75, 3.05) is 0 Å². The molecule has 0 saturated carbocycles. The molecule has 0 amide bonds. The normalized spacial score (nSPS) is 10.5. The van der Waals surface area contributed by atoms with Crippen LogP contribution in [0.1, 0.15) is 19.0 Å². The molecule has 0 bridgehead atoms. The standard InChI is InChI=1S/C12H11ClIN3/c1-2-3-9-10(14)11(13)17-12(16-9)8-4-6-15-7-5-8/h4-7H,2-3H2,1H3. The molecule has 0 N–H and O–H groups in total. The SMILES string of the molecule is CCCc1nc(-c2ccncc2)nc(Cl)c1I. The smallest absolute Gasteiger partial charge is 0.161 e. The van der Waals surface area contributed by atoms with Crippen LogP contribution < -0.4 is 0 Å². The van der Waals surface area contributed by atoms with Gasteiger partial charge in [0.05, 0.1) is 9.26 Å². The topological polar surface area (TPSA) is 38.7 Å². The summed E-state index contributed by atoms with van der Waals surface area (Å²) in [6.07, 6.45) is 5.41. The molecule has 0 atom stereocenters. The fourth-order valence-electron chi connectivity index (χ4n) is 1.50. The van der Waals surface area contributed by atoms with Crippen molar-refractivity contribution in [2.45, 2.75) is 19.8 Å². The molecule has 2 heterocycles. The first-order chi connectivity index (χ1) is 8.22. The van der Waals surface area contributed by atoms with Crippen molar-refractivity contribution in [2.24, 2.45) is 0 Å². The lowest BCUT2D eigenvalue weighted by Crippen LogP contribution is -2.00. The monoisotopic (exact) mass is 359 g/mol. The molecule has 2 aromatic heterocycles. The second kappa shape index (κ2) is 5.73. The van der Waals surface area contributed by atoms with Gasteiger partial charge in [-0.15, -0.1) is 0 Å². The average molecular weight is 360 g/mol. The number of hydrogen-bond acceptors (Lipinski definition) is 3. The van der Waals surface area contributed by atoms with E-state index in [1.165, 1.54) is 0 Å². The summed E-state index contributed by atoms with van der Waals surface area (Å²) in [5, 5.41) is 0.524. The zero-order valence-electron chi connectivity index (χ0n) is 9.32. The van der Waals surface area contributed by atoms with Crippen molar-refractivity contribution in [3.05, 3.63) is 38.9 Å². The molecule has 0 aliphatic rings. The fourth-order valence-corrected chi connectivity index (χ4v) is 2.20. The summed E-state index contributed by atoms with van der Waals surface area (Å²) in [5.41, 5.74) is 1.95. The molecule has 5 heteroatoms. The Morgan fingerprint density at radius 3 is 2.59 bits per heavy atom. The summed E-state index contributed by atoms with van der Waals surface area (Å²) < 4.78 is 0.948. The Morgan fingerprint density at radius 1 is 1.24 bits per heavy atom. The van der Waals surface area contributed by atoms with Crippen LogP contribution in [0.25, 0.3) is 11.4 Å². The highest BCUT2D eigenvalue weighted by atomic mass is 127. The second-order valence-electron chi connectivity index (χ2n) is 3.58. The Morgan fingerprint density at radius 2 is 1.94 bits per heavy atom. The minimum Gasteiger partial charge on any atom is -0.265 e. The molecule has 0 unspecified atom stereocenters. The number of nitrogens with zero attached hydrogens (tertiary/aromatic N) is 3. The van der Waals surface area contributed by atoms with Gasteiger partial charge in [-0.05, 0) is 41.1 Å². The first kappa shape index (κ1) is 12.7. The third kappa shape index (κ3) is 2.93. The Bertz CT molecular complexity index is 517. The van der Waals surface area contributed by atoms with Crippen LogP contribution >= 0.6 is 34.2 Å². The van der Waals surface area contributed by atoms with Crippen LogP contribution in [0.4, 0.5) is 0 Å². The number of aromatic nitrogens is 3. The van der Waals surface area contributed by atoms with Crippen LogP contribution in [0, 0.1) is 3.57 Å². The van der Waals surface area contributed by atoms with Crippen molar-refractivity contribution in [1.82, 2.24) is 15.0 Å². The first-order valence-electron chi connectivity index (χ1n) is 5.34. The van der Waals surface area contributed by atoms with Gasteiger partial charge in [-0.1, -0.05) is 24.9 Å². The highest BCUT2D eigenvalue weighted by Gasteiger charge is 2.11. The van der Waals surface area contributed by atoms with E-state index in [2.05, 4.69) is 44.5 Å². The summed E-state index contributed by atoms with van der Waals surface area (Å²) in [6.45, 7) is 2.12. The average Bonchev–Trinajstić information content (AvgIpc) is 2.36. The lowest BCUT2D eigenvalue weighted by Gasteiger charge is -2.07. The molecular formula is C12H11ClIN3. The maximum Gasteiger partial charge on any atom is 0.161 e. The van der Waals surface area contributed by atoms with Crippen LogP contribution in [0.5, 0.6) is 0 Å². The minimum atomic E-state index is 0.524. The van der Waals surface area contributed by atoms with Gasteiger partial charge in [0.25, 0.3) is 0 Å². The zero-order valence-corrected chi connectivity index (χ0v) is 12.2. The number of pyridine rings is 1. The van der Waals surface area contributed by atoms with Crippen molar-refractivity contribution in [3.63, 3.8) is 0 Å². The van der Waals surface area contributed by atoms with Crippen LogP contribution in [-0.2, 0) is 6.42 Å². The van der Waals surface area contributed by atoms with Gasteiger partial charge in [-0.25, -0.2) is 9.97 Å². The van der Waals surface area contributed by atoms with E-state index < -0.39 is 0 Å². The molecular weight excluding hydrogens is 349 g/mol. The third-order valence-corrected chi connectivity index (χ3v) is 4.03. The van der Waals surface area contributed by atoms with Crippen LogP contribution in [0.15, 0.2) is 24.5 Å². The van der Waals surface area contributed by atoms with Gasteiger partial charge in [0, 0.05) is 18.0 Å². The maximum absolute atomic E-state index is 6.13. The van der Waals surface area contributed by atoms with E-state index in [-0.39, 0.29) is 0 Å². The molecule has 0 aromatic carbocycles. The zero-order chi connectivity index (χ0) is 12.3. The molecule has 2 rings (SSSR count). The number of rotatable bonds is 3. The predicted octanol–water partition coefficient (Wildman–Crippen LogP) is 3.75. The minimum absolute atomic E-state index is 0.524. The Labute approximate surface area is 119 Å². The molecule has 0 aliphatic heterocycles. The number of halogens is 2. The predicted molar refractivity (Wildman–Crippen MR) is 77.0 cm³/mol. The van der Waals surface area contributed by atoms with E-state index in [0.29, 0.717) is 11.0 Å². The summed E-state index contributed by atoms with van der Waals surface area (Å²) >= 11 is 8.33. The molecule has 0 fully saturated rings. The van der Waals surface area contributed by atoms with Crippen molar-refractivity contribution in [1.29, 1.82) is 0 Å². The molecule has 88 valence electrons. The second-order valence-corrected chi connectivity index (χ2v) is 5.02. The molecule has 17 heavy (non-hydrogen) atoms. The van der Waals surface area contributed by atoms with Crippen LogP contribution in [-0.4, -0.2) is 15.0 Å². The largest absolute Gasteiger partial charge is 0.265 e. The summed E-state index contributed by atoms with van der Waals surface area (Å²) in [7, 11) is 0. The van der Waals surface area contributed by atoms with Gasteiger partial charge in [-0.2, -0.15) is 0 Å². The Balaban J connectivity index is 2.49. The van der Waals surface area contributed by atoms with E-state index in [4.69, 9.17) is 11.6 Å². The fraction of sp³-hybridized carbons (Fsp3) is 0.250. The number of hydrogen-bond donors (Lipinski definition) is 0. The third-order valence-electron chi connectivity index (χ3n) is 2.30. The first-order valence-corrected chi connectivity index (χ1v) is 6.80. The van der Waals surface area contributed by atoms with Gasteiger partial charge in [0.2, 0.25) is 0 Å². The maximum atomic E-state index is 6.13. The molecule has 2 aromatic rings. The van der Waals surface area contributed by atoms with E-state index in [1.807, 2.05) is 12.1 Å². The highest BCUT2D eigenvalue weighted by Crippen LogP contribution is 2.24. The van der Waals surface area contributed by atoms with E-state index >= 15 is 0 Å². The molecule has 0 radical (unpaired) electrons. The van der Waals surface area contributed by atoms with Gasteiger partial charge < -0.3 is 0 Å². The van der Waals surface area contributed by atoms with E-state index in [1.54, 1.807) is 12.4 Å². The molecule has 3 nitrogen and oxygen atoms in total. The van der Waals surface area contributed by atoms with Crippen LogP contribution in [0.2, 0.25) is 5.15 Å². The van der Waals surface area contributed by atoms with Crippen LogP contribution in [0.3, 0.4) is 0 Å². The molecule has 0 saturated heterocycles. The van der Waals surface area contributed by atoms with Crippen molar-refractivity contribution in [3.8, 4) is 11.4 Å². The molecule has 0 aliphatic carbocycles.